The van der Waals surface area contributed by atoms with E-state index in [4.69, 9.17) is 0 Å². The fourth-order valence-electron chi connectivity index (χ4n) is 3.00. The number of hydrogen-bond donors (Lipinski definition) is 1. The molecule has 4 heteroatoms. The molecule has 0 aliphatic heterocycles. The van der Waals surface area contributed by atoms with Crippen molar-refractivity contribution in [1.29, 1.82) is 0 Å². The molecular formula is C16H26NOPY. The maximum absolute atomic E-state index is 12.7. The van der Waals surface area contributed by atoms with E-state index in [1.165, 1.54) is 12.0 Å². The van der Waals surface area contributed by atoms with E-state index in [1.54, 1.807) is 0 Å². The monoisotopic (exact) mass is 368 g/mol. The van der Waals surface area contributed by atoms with Gasteiger partial charge in [0.25, 0.3) is 0 Å². The molecule has 1 aliphatic carbocycles. The third-order valence-corrected chi connectivity index (χ3v) is 6.74. The Balaban J connectivity index is 0.00000200. The van der Waals surface area contributed by atoms with E-state index in [1.807, 2.05) is 0 Å². The predicted octanol–water partition coefficient (Wildman–Crippen LogP) is 4.46. The molecule has 0 unspecified atom stereocenters. The van der Waals surface area contributed by atoms with Crippen LogP contribution in [0.1, 0.15) is 37.4 Å². The minimum atomic E-state index is -0.232. The van der Waals surface area contributed by atoms with E-state index in [-0.39, 0.29) is 53.1 Å². The van der Waals surface area contributed by atoms with Crippen LogP contribution in [-0.4, -0.2) is 24.4 Å². The van der Waals surface area contributed by atoms with Gasteiger partial charge in [-0.05, 0) is 58.1 Å². The Kier molecular flexibility index (Phi) is 6.39. The van der Waals surface area contributed by atoms with Crippen molar-refractivity contribution in [3.63, 3.8) is 0 Å². The van der Waals surface area contributed by atoms with Gasteiger partial charge in [-0.2, -0.15) is 0 Å². The Morgan fingerprint density at radius 3 is 2.05 bits per heavy atom. The summed E-state index contributed by atoms with van der Waals surface area (Å²) in [5.74, 6) is 0.241. The SMILES string of the molecule is Cc1cc(C)c(NC(=O)C2(P(C)C)CCC2)c(C)c1.[HH].[Y]. The Hall–Kier alpha value is 0.224. The Bertz CT molecular complexity index is 492. The summed E-state index contributed by atoms with van der Waals surface area (Å²) in [6.45, 7) is 10.7. The molecule has 2 rings (SSSR count). The van der Waals surface area contributed by atoms with Crippen LogP contribution in [0.5, 0.6) is 0 Å². The standard InChI is InChI=1S/C16H24NOP.Y.H2/c1-11-9-12(2)14(13(3)10-11)17-15(18)16(19(4)5)7-6-8-16;;/h9-10H,6-8H2,1-5H3,(H,17,18);;1H. The van der Waals surface area contributed by atoms with Crippen LogP contribution in [0.3, 0.4) is 0 Å². The minimum absolute atomic E-state index is 0. The average Bonchev–Trinajstić information content (AvgIpc) is 2.20. The summed E-state index contributed by atoms with van der Waals surface area (Å²) in [4.78, 5) is 12.7. The molecule has 1 amide bonds. The molecule has 1 saturated carbocycles. The second-order valence-corrected chi connectivity index (χ2v) is 8.65. The molecule has 0 spiro atoms. The van der Waals surface area contributed by atoms with Crippen molar-refractivity contribution < 1.29 is 38.9 Å². The van der Waals surface area contributed by atoms with Gasteiger partial charge >= 0.3 is 0 Å². The van der Waals surface area contributed by atoms with Gasteiger partial charge in [-0.25, -0.2) is 0 Å². The Labute approximate surface area is 150 Å². The molecule has 109 valence electrons. The van der Waals surface area contributed by atoms with Crippen molar-refractivity contribution in [2.24, 2.45) is 0 Å². The number of amides is 1. The van der Waals surface area contributed by atoms with Crippen LogP contribution in [0.15, 0.2) is 12.1 Å². The summed E-state index contributed by atoms with van der Waals surface area (Å²) in [6.07, 6.45) is 3.31. The molecule has 0 heterocycles. The molecule has 1 fully saturated rings. The summed E-state index contributed by atoms with van der Waals surface area (Å²) in [5.41, 5.74) is 4.59. The van der Waals surface area contributed by atoms with Crippen LogP contribution >= 0.6 is 7.92 Å². The van der Waals surface area contributed by atoms with Gasteiger partial charge in [0.2, 0.25) is 5.91 Å². The third-order valence-electron chi connectivity index (χ3n) is 4.37. The maximum Gasteiger partial charge on any atom is 0.234 e. The molecule has 1 aliphatic rings. The van der Waals surface area contributed by atoms with E-state index in [0.29, 0.717) is 0 Å². The van der Waals surface area contributed by atoms with Gasteiger partial charge in [0.05, 0.1) is 5.16 Å². The predicted molar refractivity (Wildman–Crippen MR) is 86.7 cm³/mol. The van der Waals surface area contributed by atoms with Crippen LogP contribution in [0.4, 0.5) is 5.69 Å². The average molecular weight is 368 g/mol. The zero-order chi connectivity index (χ0) is 14.2. The van der Waals surface area contributed by atoms with Gasteiger partial charge in [0.1, 0.15) is 0 Å². The first-order valence-electron chi connectivity index (χ1n) is 6.93. The summed E-state index contributed by atoms with van der Waals surface area (Å²) >= 11 is 0. The van der Waals surface area contributed by atoms with E-state index in [2.05, 4.69) is 51.6 Å². The van der Waals surface area contributed by atoms with Crippen molar-refractivity contribution in [2.75, 3.05) is 18.6 Å². The zero-order valence-corrected chi connectivity index (χ0v) is 16.9. The Morgan fingerprint density at radius 2 is 1.70 bits per heavy atom. The van der Waals surface area contributed by atoms with Crippen LogP contribution in [0.25, 0.3) is 0 Å². The van der Waals surface area contributed by atoms with Crippen LogP contribution in [-0.2, 0) is 37.5 Å². The smallest absolute Gasteiger partial charge is 0.234 e. The number of carbonyl (C=O) groups excluding carboxylic acids is 1. The van der Waals surface area contributed by atoms with E-state index in [0.717, 1.165) is 29.7 Å². The minimum Gasteiger partial charge on any atom is -0.325 e. The molecule has 1 aromatic rings. The van der Waals surface area contributed by atoms with Crippen LogP contribution in [0.2, 0.25) is 0 Å². The molecule has 0 atom stereocenters. The second-order valence-electron chi connectivity index (χ2n) is 6.01. The molecule has 2 nitrogen and oxygen atoms in total. The first kappa shape index (κ1) is 18.3. The van der Waals surface area contributed by atoms with Gasteiger partial charge in [0, 0.05) is 39.8 Å². The second kappa shape index (κ2) is 6.99. The number of carbonyl (C=O) groups is 1. The zero-order valence-electron chi connectivity index (χ0n) is 13.2. The van der Waals surface area contributed by atoms with Crippen molar-refractivity contribution in [3.05, 3.63) is 28.8 Å². The molecule has 0 bridgehead atoms. The van der Waals surface area contributed by atoms with Crippen molar-refractivity contribution in [1.82, 2.24) is 0 Å². The fraction of sp³-hybridized carbons (Fsp3) is 0.562. The number of anilines is 1. The number of benzene rings is 1. The van der Waals surface area contributed by atoms with Gasteiger partial charge in [-0.3, -0.25) is 4.79 Å². The molecule has 0 saturated heterocycles. The first-order chi connectivity index (χ1) is 8.86. The molecular weight excluding hydrogens is 342 g/mol. The van der Waals surface area contributed by atoms with E-state index >= 15 is 0 Å². The molecule has 1 N–H and O–H groups in total. The number of rotatable bonds is 3. The largest absolute Gasteiger partial charge is 0.325 e. The quantitative estimate of drug-likeness (QED) is 0.785. The normalized spacial score (nSPS) is 16.3. The van der Waals surface area contributed by atoms with Crippen molar-refractivity contribution in [2.45, 2.75) is 45.2 Å². The Morgan fingerprint density at radius 1 is 1.20 bits per heavy atom. The molecule has 0 aromatic heterocycles. The summed E-state index contributed by atoms with van der Waals surface area (Å²) < 4.78 is 0. The third kappa shape index (κ3) is 3.34. The first-order valence-corrected chi connectivity index (χ1v) is 9.17. The summed E-state index contributed by atoms with van der Waals surface area (Å²) in [6, 6.07) is 4.27. The molecule has 20 heavy (non-hydrogen) atoms. The van der Waals surface area contributed by atoms with E-state index < -0.39 is 0 Å². The number of nitrogens with one attached hydrogen (secondary N) is 1. The van der Waals surface area contributed by atoms with Gasteiger partial charge in [-0.1, -0.05) is 32.0 Å². The van der Waals surface area contributed by atoms with Gasteiger partial charge in [0.15, 0.2) is 0 Å². The summed E-state index contributed by atoms with van der Waals surface area (Å²) in [7, 11) is -0.232. The molecule has 1 radical (unpaired) electrons. The maximum atomic E-state index is 12.7. The number of hydrogen-bond acceptors (Lipinski definition) is 1. The van der Waals surface area contributed by atoms with Crippen molar-refractivity contribution in [3.8, 4) is 0 Å². The molecule has 1 aromatic carbocycles. The van der Waals surface area contributed by atoms with Crippen molar-refractivity contribution >= 4 is 19.5 Å². The van der Waals surface area contributed by atoms with Gasteiger partial charge < -0.3 is 5.32 Å². The van der Waals surface area contributed by atoms with Crippen LogP contribution < -0.4 is 5.32 Å². The van der Waals surface area contributed by atoms with Crippen LogP contribution in [0, 0.1) is 20.8 Å². The van der Waals surface area contributed by atoms with E-state index in [9.17, 15) is 4.79 Å². The topological polar surface area (TPSA) is 29.1 Å². The summed E-state index contributed by atoms with van der Waals surface area (Å²) in [5, 5.41) is 3.14. The number of aryl methyl sites for hydroxylation is 3. The fourth-order valence-corrected chi connectivity index (χ4v) is 4.67. The van der Waals surface area contributed by atoms with Gasteiger partial charge in [-0.15, -0.1) is 0 Å².